The van der Waals surface area contributed by atoms with Crippen LogP contribution in [0, 0.1) is 15.9 Å². The van der Waals surface area contributed by atoms with Gasteiger partial charge in [-0.2, -0.15) is 4.31 Å². The number of nitrogens with zero attached hydrogens (tertiary/aromatic N) is 3. The molecule has 8 nitrogen and oxygen atoms in total. The van der Waals surface area contributed by atoms with E-state index in [1.807, 2.05) is 0 Å². The lowest BCUT2D eigenvalue weighted by atomic mass is 10.1. The Morgan fingerprint density at radius 2 is 1.70 bits per heavy atom. The molecule has 0 saturated carbocycles. The Hall–Kier alpha value is -2.85. The quantitative estimate of drug-likeness (QED) is 0.583. The zero-order chi connectivity index (χ0) is 19.6. The fourth-order valence-corrected chi connectivity index (χ4v) is 4.35. The van der Waals surface area contributed by atoms with E-state index in [9.17, 15) is 27.7 Å². The molecule has 0 atom stereocenters. The topological polar surface area (TPSA) is 101 Å². The summed E-state index contributed by atoms with van der Waals surface area (Å²) in [5.74, 6) is -1.24. The van der Waals surface area contributed by atoms with Gasteiger partial charge in [0.05, 0.1) is 4.92 Å². The highest BCUT2D eigenvalue weighted by Gasteiger charge is 2.32. The zero-order valence-corrected chi connectivity index (χ0v) is 14.9. The van der Waals surface area contributed by atoms with Gasteiger partial charge in [0, 0.05) is 43.9 Å². The summed E-state index contributed by atoms with van der Waals surface area (Å²) in [6, 6.07) is 10.5. The maximum absolute atomic E-state index is 13.8. The Morgan fingerprint density at radius 3 is 2.33 bits per heavy atom. The van der Waals surface area contributed by atoms with Crippen molar-refractivity contribution in [1.29, 1.82) is 0 Å². The summed E-state index contributed by atoms with van der Waals surface area (Å²) in [7, 11) is -3.99. The number of amides is 1. The molecule has 1 aliphatic heterocycles. The number of carbonyl (C=O) groups excluding carboxylic acids is 1. The van der Waals surface area contributed by atoms with Gasteiger partial charge < -0.3 is 4.90 Å². The van der Waals surface area contributed by atoms with Crippen molar-refractivity contribution in [2.45, 2.75) is 4.90 Å². The number of non-ortho nitro benzene ring substituents is 1. The molecular weight excluding hydrogens is 377 g/mol. The van der Waals surface area contributed by atoms with Gasteiger partial charge in [-0.15, -0.1) is 0 Å². The lowest BCUT2D eigenvalue weighted by Crippen LogP contribution is -2.50. The molecule has 0 N–H and O–H groups in total. The van der Waals surface area contributed by atoms with Gasteiger partial charge in [-0.3, -0.25) is 14.9 Å². The van der Waals surface area contributed by atoms with Crippen molar-refractivity contribution in [3.8, 4) is 0 Å². The Kier molecular flexibility index (Phi) is 5.19. The molecule has 1 aliphatic rings. The maximum Gasteiger partial charge on any atom is 0.270 e. The fraction of sp³-hybridized carbons (Fsp3) is 0.235. The second-order valence-corrected chi connectivity index (χ2v) is 7.84. The van der Waals surface area contributed by atoms with E-state index in [0.29, 0.717) is 0 Å². The fourth-order valence-electron chi connectivity index (χ4n) is 2.86. The number of sulfonamides is 1. The summed E-state index contributed by atoms with van der Waals surface area (Å²) in [6.45, 7) is 0.235. The summed E-state index contributed by atoms with van der Waals surface area (Å²) >= 11 is 0. The summed E-state index contributed by atoms with van der Waals surface area (Å²) in [6.07, 6.45) is 0. The van der Waals surface area contributed by atoms with E-state index in [4.69, 9.17) is 0 Å². The number of hydrogen-bond acceptors (Lipinski definition) is 5. The van der Waals surface area contributed by atoms with E-state index in [0.717, 1.165) is 10.4 Å². The lowest BCUT2D eigenvalue weighted by Gasteiger charge is -2.34. The first-order valence-corrected chi connectivity index (χ1v) is 9.53. The van der Waals surface area contributed by atoms with Crippen molar-refractivity contribution in [2.24, 2.45) is 0 Å². The third-order valence-electron chi connectivity index (χ3n) is 4.28. The van der Waals surface area contributed by atoms with Crippen molar-refractivity contribution in [1.82, 2.24) is 9.21 Å². The second kappa shape index (κ2) is 7.41. The first kappa shape index (κ1) is 18.9. The molecule has 1 heterocycles. The average molecular weight is 393 g/mol. The highest BCUT2D eigenvalue weighted by atomic mass is 32.2. The normalized spacial score (nSPS) is 15.5. The molecule has 1 fully saturated rings. The van der Waals surface area contributed by atoms with Gasteiger partial charge in [0.25, 0.3) is 11.6 Å². The van der Waals surface area contributed by atoms with Gasteiger partial charge in [0.2, 0.25) is 10.0 Å². The van der Waals surface area contributed by atoms with Crippen molar-refractivity contribution < 1.29 is 22.5 Å². The molecule has 27 heavy (non-hydrogen) atoms. The predicted octanol–water partition coefficient (Wildman–Crippen LogP) is 1.88. The van der Waals surface area contributed by atoms with E-state index in [2.05, 4.69) is 0 Å². The molecule has 0 aliphatic carbocycles. The average Bonchev–Trinajstić information content (AvgIpc) is 2.68. The minimum atomic E-state index is -3.99. The SMILES string of the molecule is O=C(c1cccc([N+](=O)[O-])c1)N1CCN(S(=O)(=O)c2ccccc2F)CC1. The molecule has 0 bridgehead atoms. The van der Waals surface area contributed by atoms with Crippen LogP contribution in [0.4, 0.5) is 10.1 Å². The Bertz CT molecular complexity index is 988. The Labute approximate surface area is 155 Å². The largest absolute Gasteiger partial charge is 0.336 e. The number of rotatable bonds is 4. The monoisotopic (exact) mass is 393 g/mol. The molecule has 142 valence electrons. The van der Waals surface area contributed by atoms with Gasteiger partial charge in [-0.25, -0.2) is 12.8 Å². The van der Waals surface area contributed by atoms with Gasteiger partial charge in [-0.1, -0.05) is 18.2 Å². The number of nitro benzene ring substituents is 1. The second-order valence-electron chi connectivity index (χ2n) is 5.93. The highest BCUT2D eigenvalue weighted by Crippen LogP contribution is 2.21. The zero-order valence-electron chi connectivity index (χ0n) is 14.1. The van der Waals surface area contributed by atoms with Gasteiger partial charge in [-0.05, 0) is 18.2 Å². The first-order chi connectivity index (χ1) is 12.8. The molecular formula is C17H16FN3O5S. The van der Waals surface area contributed by atoms with E-state index >= 15 is 0 Å². The van der Waals surface area contributed by atoms with Crippen molar-refractivity contribution in [3.63, 3.8) is 0 Å². The number of carbonyl (C=O) groups is 1. The number of piperazine rings is 1. The molecule has 2 aromatic rings. The molecule has 0 radical (unpaired) electrons. The molecule has 2 aromatic carbocycles. The molecule has 1 saturated heterocycles. The third-order valence-corrected chi connectivity index (χ3v) is 6.22. The minimum absolute atomic E-state index is 0.0112. The van der Waals surface area contributed by atoms with Crippen LogP contribution in [-0.4, -0.2) is 54.6 Å². The van der Waals surface area contributed by atoms with Gasteiger partial charge in [0.15, 0.2) is 0 Å². The summed E-state index contributed by atoms with van der Waals surface area (Å²) in [5, 5.41) is 10.8. The van der Waals surface area contributed by atoms with Crippen LogP contribution in [0.3, 0.4) is 0 Å². The Balaban J connectivity index is 1.72. The van der Waals surface area contributed by atoms with E-state index in [1.165, 1.54) is 47.4 Å². The van der Waals surface area contributed by atoms with Crippen molar-refractivity contribution in [3.05, 3.63) is 70.0 Å². The number of hydrogen-bond donors (Lipinski definition) is 0. The van der Waals surface area contributed by atoms with Crippen LogP contribution < -0.4 is 0 Å². The Morgan fingerprint density at radius 1 is 1.04 bits per heavy atom. The molecule has 0 unspecified atom stereocenters. The maximum atomic E-state index is 13.8. The molecule has 0 aromatic heterocycles. The molecule has 10 heteroatoms. The van der Waals surface area contributed by atoms with Crippen LogP contribution >= 0.6 is 0 Å². The first-order valence-electron chi connectivity index (χ1n) is 8.09. The van der Waals surface area contributed by atoms with E-state index in [-0.39, 0.29) is 37.4 Å². The van der Waals surface area contributed by atoms with Crippen molar-refractivity contribution >= 4 is 21.6 Å². The van der Waals surface area contributed by atoms with Crippen LogP contribution in [0.2, 0.25) is 0 Å². The summed E-state index contributed by atoms with van der Waals surface area (Å²) in [5.41, 5.74) is -0.0313. The summed E-state index contributed by atoms with van der Waals surface area (Å²) in [4.78, 5) is 23.8. The van der Waals surface area contributed by atoms with E-state index < -0.39 is 31.6 Å². The van der Waals surface area contributed by atoms with Crippen LogP contribution in [0.25, 0.3) is 0 Å². The number of nitro groups is 1. The van der Waals surface area contributed by atoms with Crippen LogP contribution in [0.5, 0.6) is 0 Å². The number of benzene rings is 2. The predicted molar refractivity (Wildman–Crippen MR) is 94.2 cm³/mol. The van der Waals surface area contributed by atoms with Gasteiger partial charge >= 0.3 is 0 Å². The van der Waals surface area contributed by atoms with Crippen molar-refractivity contribution in [2.75, 3.05) is 26.2 Å². The smallest absolute Gasteiger partial charge is 0.270 e. The number of halogens is 1. The van der Waals surface area contributed by atoms with Crippen LogP contribution in [-0.2, 0) is 10.0 Å². The lowest BCUT2D eigenvalue weighted by molar-refractivity contribution is -0.384. The summed E-state index contributed by atoms with van der Waals surface area (Å²) < 4.78 is 40.1. The highest BCUT2D eigenvalue weighted by molar-refractivity contribution is 7.89. The van der Waals surface area contributed by atoms with Gasteiger partial charge in [0.1, 0.15) is 10.7 Å². The van der Waals surface area contributed by atoms with E-state index in [1.54, 1.807) is 0 Å². The molecule has 0 spiro atoms. The standard InChI is InChI=1S/C17H16FN3O5S/c18-15-6-1-2-7-16(15)27(25,26)20-10-8-19(9-11-20)17(22)13-4-3-5-14(12-13)21(23)24/h1-7,12H,8-11H2. The molecule has 1 amide bonds. The van der Waals surface area contributed by atoms with Crippen LogP contribution in [0.1, 0.15) is 10.4 Å². The minimum Gasteiger partial charge on any atom is -0.336 e. The third kappa shape index (κ3) is 3.81. The molecule has 3 rings (SSSR count). The van der Waals surface area contributed by atoms with Crippen LogP contribution in [0.15, 0.2) is 53.4 Å².